The molecular weight excluding hydrogens is 607 g/mol. The van der Waals surface area contributed by atoms with E-state index in [-0.39, 0.29) is 61.0 Å². The summed E-state index contributed by atoms with van der Waals surface area (Å²) >= 11 is 0. The molecule has 0 amide bonds. The van der Waals surface area contributed by atoms with Gasteiger partial charge < -0.3 is 29.3 Å². The van der Waals surface area contributed by atoms with Crippen molar-refractivity contribution >= 4 is 34.7 Å². The minimum atomic E-state index is -1.03. The summed E-state index contributed by atoms with van der Waals surface area (Å²) in [5.74, 6) is -2.41. The molecule has 0 fully saturated rings. The van der Waals surface area contributed by atoms with Gasteiger partial charge in [0.2, 0.25) is 0 Å². The molecule has 0 saturated heterocycles. The Morgan fingerprint density at radius 2 is 0.930 bits per heavy atom. The third-order valence-corrected chi connectivity index (χ3v) is 5.65. The van der Waals surface area contributed by atoms with Crippen molar-refractivity contribution in [3.63, 3.8) is 0 Å². The first-order valence-electron chi connectivity index (χ1n) is 12.2. The van der Waals surface area contributed by atoms with Crippen molar-refractivity contribution in [3.05, 3.63) is 115 Å². The Hall–Kier alpha value is -5.29. The molecule has 2 aromatic heterocycles. The van der Waals surface area contributed by atoms with Crippen LogP contribution in [0.15, 0.2) is 89.1 Å². The summed E-state index contributed by atoms with van der Waals surface area (Å²) in [7, 11) is 0. The van der Waals surface area contributed by atoms with E-state index in [4.69, 9.17) is 19.0 Å². The van der Waals surface area contributed by atoms with Gasteiger partial charge >= 0.3 is 11.9 Å². The Kier molecular flexibility index (Phi) is 11.5. The summed E-state index contributed by atoms with van der Waals surface area (Å²) in [5.41, 5.74) is 0.987. The van der Waals surface area contributed by atoms with Gasteiger partial charge in [-0.3, -0.25) is 19.6 Å². The molecule has 0 unspecified atom stereocenters. The topological polar surface area (TPSA) is 200 Å². The van der Waals surface area contributed by atoms with Gasteiger partial charge in [0.05, 0.1) is 33.9 Å². The molecule has 2 aromatic carbocycles. The van der Waals surface area contributed by atoms with Crippen molar-refractivity contribution in [1.82, 2.24) is 0 Å². The maximum absolute atomic E-state index is 11.9. The minimum absolute atomic E-state index is 0. The van der Waals surface area contributed by atoms with Gasteiger partial charge in [0.25, 0.3) is 11.9 Å². The van der Waals surface area contributed by atoms with E-state index < -0.39 is 23.8 Å². The van der Waals surface area contributed by atoms with Crippen LogP contribution in [0, 0.1) is 13.8 Å². The second-order valence-corrected chi connectivity index (χ2v) is 8.90. The molecule has 13 heteroatoms. The van der Waals surface area contributed by atoms with Crippen LogP contribution in [0.2, 0.25) is 0 Å². The number of aryl methyl sites for hydroxylation is 2. The average molecular weight is 633 g/mol. The Balaban J connectivity index is 0.000000293. The molecular formula is C30H26N2NiO10. The van der Waals surface area contributed by atoms with Crippen molar-refractivity contribution in [2.24, 2.45) is 9.98 Å². The molecule has 0 aliphatic carbocycles. The number of nitrogens with zero attached hydrogens (tertiary/aromatic N) is 2. The first-order valence-corrected chi connectivity index (χ1v) is 12.2. The number of carbonyl (C=O) groups is 2. The molecule has 226 valence electrons. The summed E-state index contributed by atoms with van der Waals surface area (Å²) < 4.78 is 9.99. The fourth-order valence-electron chi connectivity index (χ4n) is 3.71. The maximum atomic E-state index is 11.9. The number of benzene rings is 2. The summed E-state index contributed by atoms with van der Waals surface area (Å²) in [6.07, 6.45) is 0. The zero-order valence-corrected chi connectivity index (χ0v) is 24.2. The molecule has 0 radical (unpaired) electrons. The predicted molar refractivity (Wildman–Crippen MR) is 153 cm³/mol. The van der Waals surface area contributed by atoms with Crippen LogP contribution in [0.5, 0.6) is 11.9 Å². The molecule has 12 nitrogen and oxygen atoms in total. The van der Waals surface area contributed by atoms with E-state index in [0.29, 0.717) is 22.9 Å². The van der Waals surface area contributed by atoms with Gasteiger partial charge in [0.15, 0.2) is 10.9 Å². The summed E-state index contributed by atoms with van der Waals surface area (Å²) in [4.78, 5) is 53.6. The van der Waals surface area contributed by atoms with E-state index in [9.17, 15) is 29.4 Å². The number of carboxylic acids is 2. The van der Waals surface area contributed by atoms with Crippen molar-refractivity contribution in [2.45, 2.75) is 27.7 Å². The Bertz CT molecular complexity index is 1690. The molecule has 4 aromatic rings. The van der Waals surface area contributed by atoms with Gasteiger partial charge in [-0.25, -0.2) is 9.59 Å². The van der Waals surface area contributed by atoms with Crippen molar-refractivity contribution in [3.8, 4) is 11.9 Å². The molecule has 0 atom stereocenters. The van der Waals surface area contributed by atoms with Crippen LogP contribution in [0.1, 0.15) is 57.2 Å². The number of aliphatic imine (C=N–C) groups is 2. The number of rotatable bonds is 6. The Labute approximate surface area is 254 Å². The van der Waals surface area contributed by atoms with Crippen molar-refractivity contribution in [1.29, 1.82) is 0 Å². The molecule has 4 rings (SSSR count). The van der Waals surface area contributed by atoms with E-state index in [2.05, 4.69) is 9.98 Å². The quantitative estimate of drug-likeness (QED) is 0.166. The van der Waals surface area contributed by atoms with Gasteiger partial charge in [-0.15, -0.1) is 0 Å². The van der Waals surface area contributed by atoms with E-state index in [1.54, 1.807) is 27.7 Å². The van der Waals surface area contributed by atoms with Gasteiger partial charge in [-0.05, 0) is 76.2 Å². The summed E-state index contributed by atoms with van der Waals surface area (Å²) in [6.45, 7) is 6.24. The minimum Gasteiger partial charge on any atom is -0.480 e. The molecule has 4 N–H and O–H groups in total. The maximum Gasteiger partial charge on any atom is 0.335 e. The monoisotopic (exact) mass is 632 g/mol. The van der Waals surface area contributed by atoms with Gasteiger partial charge in [-0.2, -0.15) is 0 Å². The normalized spacial score (nSPS) is 11.2. The van der Waals surface area contributed by atoms with Crippen molar-refractivity contribution < 1.29 is 55.3 Å². The van der Waals surface area contributed by atoms with Crippen LogP contribution >= 0.6 is 0 Å². The molecule has 0 bridgehead atoms. The fraction of sp³-hybridized carbons (Fsp3) is 0.133. The molecule has 43 heavy (non-hydrogen) atoms. The second kappa shape index (κ2) is 14.6. The number of carboxylic acid groups (broad SMARTS) is 2. The number of aromatic carboxylic acids is 2. The third kappa shape index (κ3) is 8.85. The Morgan fingerprint density at radius 3 is 1.19 bits per heavy atom. The predicted octanol–water partition coefficient (Wildman–Crippen LogP) is 4.98. The van der Waals surface area contributed by atoms with Crippen LogP contribution < -0.4 is 10.9 Å². The van der Waals surface area contributed by atoms with Crippen LogP contribution in [-0.4, -0.2) is 43.8 Å². The molecule has 0 aliphatic heterocycles. The zero-order valence-electron chi connectivity index (χ0n) is 23.2. The SMILES string of the molecule is CC(=Nc1ccc(C(=O)O)cc1)c1c(O)oc(C)cc1=O.CC(=Nc1ccc(C(=O)O)cc1)c1c(O)oc(C)cc1=O.[Ni]. The smallest absolute Gasteiger partial charge is 0.335 e. The van der Waals surface area contributed by atoms with Gasteiger partial charge in [0, 0.05) is 28.6 Å². The first kappa shape index (κ1) is 33.9. The standard InChI is InChI=1S/2C15H13NO5.Ni/c2*1-8-7-12(17)13(15(20)21-8)9(2)16-11-5-3-10(4-6-11)14(18)19;/h2*3-7,20H,1-2H3,(H,18,19);. The van der Waals surface area contributed by atoms with Crippen molar-refractivity contribution in [2.75, 3.05) is 0 Å². The van der Waals surface area contributed by atoms with E-state index in [1.807, 2.05) is 0 Å². The summed E-state index contributed by atoms with van der Waals surface area (Å²) in [6, 6.07) is 14.2. The molecule has 0 aliphatic rings. The molecule has 0 spiro atoms. The number of aromatic hydroxyl groups is 2. The number of hydrogen-bond acceptors (Lipinski definition) is 10. The van der Waals surface area contributed by atoms with Crippen LogP contribution in [0.4, 0.5) is 11.4 Å². The van der Waals surface area contributed by atoms with Gasteiger partial charge in [-0.1, -0.05) is 0 Å². The largest absolute Gasteiger partial charge is 0.480 e. The fourth-order valence-corrected chi connectivity index (χ4v) is 3.71. The van der Waals surface area contributed by atoms with Crippen LogP contribution in [0.25, 0.3) is 0 Å². The molecule has 0 saturated carbocycles. The van der Waals surface area contributed by atoms with E-state index >= 15 is 0 Å². The van der Waals surface area contributed by atoms with Crippen LogP contribution in [-0.2, 0) is 16.5 Å². The zero-order chi connectivity index (χ0) is 31.1. The summed E-state index contributed by atoms with van der Waals surface area (Å²) in [5, 5.41) is 37.0. The first-order chi connectivity index (χ1) is 19.8. The Morgan fingerprint density at radius 1 is 0.628 bits per heavy atom. The van der Waals surface area contributed by atoms with E-state index in [0.717, 1.165) is 0 Å². The average Bonchev–Trinajstić information content (AvgIpc) is 2.88. The molecule has 2 heterocycles. The van der Waals surface area contributed by atoms with E-state index in [1.165, 1.54) is 60.7 Å². The van der Waals surface area contributed by atoms with Gasteiger partial charge in [0.1, 0.15) is 22.6 Å². The number of hydrogen-bond donors (Lipinski definition) is 4. The third-order valence-electron chi connectivity index (χ3n) is 5.65. The second-order valence-electron chi connectivity index (χ2n) is 8.90. The van der Waals surface area contributed by atoms with Crippen LogP contribution in [0.3, 0.4) is 0 Å².